The number of halogens is 1. The monoisotopic (exact) mass is 473 g/mol. The number of nitrogens with zero attached hydrogens (tertiary/aromatic N) is 3. The maximum Gasteiger partial charge on any atom is 0.223 e. The smallest absolute Gasteiger partial charge is 0.223 e. The number of aryl methyl sites for hydroxylation is 1. The number of ether oxygens (including phenoxy) is 1. The van der Waals surface area contributed by atoms with E-state index in [1.807, 2.05) is 65.6 Å². The average molecular weight is 474 g/mol. The fourth-order valence-corrected chi connectivity index (χ4v) is 4.99. The average Bonchev–Trinajstić information content (AvgIpc) is 3.43. The predicted molar refractivity (Wildman–Crippen MR) is 135 cm³/mol. The molecule has 5 rings (SSSR count). The van der Waals surface area contributed by atoms with Crippen molar-refractivity contribution in [2.24, 2.45) is 0 Å². The maximum atomic E-state index is 13.0. The molecule has 0 bridgehead atoms. The van der Waals surface area contributed by atoms with E-state index >= 15 is 0 Å². The third-order valence-electron chi connectivity index (χ3n) is 6.58. The van der Waals surface area contributed by atoms with E-state index in [0.29, 0.717) is 30.3 Å². The van der Waals surface area contributed by atoms with Crippen molar-refractivity contribution in [3.63, 3.8) is 0 Å². The molecule has 34 heavy (non-hydrogen) atoms. The van der Waals surface area contributed by atoms with Gasteiger partial charge in [0.25, 0.3) is 0 Å². The molecule has 174 valence electrons. The lowest BCUT2D eigenvalue weighted by atomic mass is 10.1. The zero-order chi connectivity index (χ0) is 23.5. The first-order chi connectivity index (χ1) is 16.6. The second kappa shape index (κ2) is 9.90. The van der Waals surface area contributed by atoms with Gasteiger partial charge in [0, 0.05) is 25.4 Å². The Hall–Kier alpha value is -3.31. The SMILES string of the molecule is CC(c1ccccc1)N1CC(c2nc3ccccc3n2CCCOc2ccccc2Cl)CC1=O. The maximum absolute atomic E-state index is 13.0. The highest BCUT2D eigenvalue weighted by atomic mass is 35.5. The largest absolute Gasteiger partial charge is 0.492 e. The third kappa shape index (κ3) is 4.53. The van der Waals surface area contributed by atoms with Crippen molar-refractivity contribution < 1.29 is 9.53 Å². The normalized spacial score (nSPS) is 16.8. The zero-order valence-corrected chi connectivity index (χ0v) is 20.0. The number of fused-ring (bicyclic) bond motifs is 1. The van der Waals surface area contributed by atoms with Crippen molar-refractivity contribution in [1.29, 1.82) is 0 Å². The number of carbonyl (C=O) groups is 1. The van der Waals surface area contributed by atoms with Gasteiger partial charge < -0.3 is 14.2 Å². The molecule has 5 nitrogen and oxygen atoms in total. The molecule has 1 aliphatic rings. The number of aromatic nitrogens is 2. The number of likely N-dealkylation sites (tertiary alicyclic amines) is 1. The van der Waals surface area contributed by atoms with Crippen LogP contribution in [-0.2, 0) is 11.3 Å². The predicted octanol–water partition coefficient (Wildman–Crippen LogP) is 6.24. The minimum absolute atomic E-state index is 0.0422. The third-order valence-corrected chi connectivity index (χ3v) is 6.89. The van der Waals surface area contributed by atoms with E-state index in [1.54, 1.807) is 0 Å². The molecule has 3 aromatic carbocycles. The molecule has 2 heterocycles. The van der Waals surface area contributed by atoms with E-state index in [-0.39, 0.29) is 17.9 Å². The molecule has 2 unspecified atom stereocenters. The standard InChI is InChI=1S/C28H28ClN3O2/c1-20(21-10-3-2-4-11-21)32-19-22(18-27(32)33)28-30-24-13-6-7-14-25(24)31(28)16-9-17-34-26-15-8-5-12-23(26)29/h2-8,10-15,20,22H,9,16-19H2,1H3. The molecule has 4 aromatic rings. The van der Waals surface area contributed by atoms with Crippen LogP contribution >= 0.6 is 11.6 Å². The number of rotatable bonds is 8. The summed E-state index contributed by atoms with van der Waals surface area (Å²) in [6.07, 6.45) is 1.29. The van der Waals surface area contributed by atoms with Crippen LogP contribution in [0.5, 0.6) is 5.75 Å². The highest BCUT2D eigenvalue weighted by Crippen LogP contribution is 2.35. The molecule has 1 saturated heterocycles. The Morgan fingerprint density at radius 1 is 1.03 bits per heavy atom. The summed E-state index contributed by atoms with van der Waals surface area (Å²) in [4.78, 5) is 20.0. The summed E-state index contributed by atoms with van der Waals surface area (Å²) < 4.78 is 8.16. The molecule has 1 fully saturated rings. The highest BCUT2D eigenvalue weighted by Gasteiger charge is 2.36. The first-order valence-corrected chi connectivity index (χ1v) is 12.2. The van der Waals surface area contributed by atoms with Crippen LogP contribution in [0.25, 0.3) is 11.0 Å². The summed E-state index contributed by atoms with van der Waals surface area (Å²) in [5, 5.41) is 0.619. The lowest BCUT2D eigenvalue weighted by Gasteiger charge is -2.25. The number of imidazole rings is 1. The lowest BCUT2D eigenvalue weighted by Crippen LogP contribution is -2.28. The second-order valence-electron chi connectivity index (χ2n) is 8.78. The number of benzene rings is 3. The quantitative estimate of drug-likeness (QED) is 0.285. The molecule has 1 amide bonds. The summed E-state index contributed by atoms with van der Waals surface area (Å²) in [7, 11) is 0. The van der Waals surface area contributed by atoms with E-state index < -0.39 is 0 Å². The van der Waals surface area contributed by atoms with E-state index in [0.717, 1.165) is 35.4 Å². The molecule has 0 N–H and O–H groups in total. The topological polar surface area (TPSA) is 47.4 Å². The van der Waals surface area contributed by atoms with Crippen LogP contribution in [0, 0.1) is 0 Å². The first-order valence-electron chi connectivity index (χ1n) is 11.8. The highest BCUT2D eigenvalue weighted by molar-refractivity contribution is 6.32. The Kier molecular flexibility index (Phi) is 6.54. The summed E-state index contributed by atoms with van der Waals surface area (Å²) in [5.74, 6) is 1.93. The van der Waals surface area contributed by atoms with Crippen molar-refractivity contribution >= 4 is 28.5 Å². The Morgan fingerprint density at radius 2 is 1.76 bits per heavy atom. The number of para-hydroxylation sites is 3. The van der Waals surface area contributed by atoms with Crippen molar-refractivity contribution in [3.05, 3.63) is 95.3 Å². The second-order valence-corrected chi connectivity index (χ2v) is 9.18. The summed E-state index contributed by atoms with van der Waals surface area (Å²) in [6, 6.07) is 26.0. The van der Waals surface area contributed by atoms with Gasteiger partial charge in [-0.1, -0.05) is 66.2 Å². The van der Waals surface area contributed by atoms with Gasteiger partial charge in [-0.2, -0.15) is 0 Å². The molecule has 0 saturated carbocycles. The fraction of sp³-hybridized carbons (Fsp3) is 0.286. The van der Waals surface area contributed by atoms with Gasteiger partial charge in [-0.25, -0.2) is 4.98 Å². The van der Waals surface area contributed by atoms with Crippen molar-refractivity contribution in [2.45, 2.75) is 38.3 Å². The molecule has 1 aromatic heterocycles. The molecular weight excluding hydrogens is 446 g/mol. The van der Waals surface area contributed by atoms with Gasteiger partial charge in [0.2, 0.25) is 5.91 Å². The van der Waals surface area contributed by atoms with E-state index in [4.69, 9.17) is 21.3 Å². The van der Waals surface area contributed by atoms with Crippen molar-refractivity contribution in [2.75, 3.05) is 13.2 Å². The van der Waals surface area contributed by atoms with Crippen LogP contribution in [0.4, 0.5) is 0 Å². The van der Waals surface area contributed by atoms with Gasteiger partial charge in [-0.3, -0.25) is 4.79 Å². The Morgan fingerprint density at radius 3 is 2.59 bits per heavy atom. The summed E-state index contributed by atoms with van der Waals surface area (Å²) in [5.41, 5.74) is 3.21. The van der Waals surface area contributed by atoms with Crippen LogP contribution < -0.4 is 4.74 Å². The van der Waals surface area contributed by atoms with E-state index in [1.165, 1.54) is 0 Å². The van der Waals surface area contributed by atoms with Crippen LogP contribution in [0.3, 0.4) is 0 Å². The van der Waals surface area contributed by atoms with Gasteiger partial charge in [-0.15, -0.1) is 0 Å². The molecule has 0 radical (unpaired) electrons. The minimum atomic E-state index is 0.0422. The van der Waals surface area contributed by atoms with Crippen LogP contribution in [0.15, 0.2) is 78.9 Å². The molecule has 0 aliphatic carbocycles. The Bertz CT molecular complexity index is 1290. The fourth-order valence-electron chi connectivity index (χ4n) is 4.80. The first kappa shape index (κ1) is 22.5. The summed E-state index contributed by atoms with van der Waals surface area (Å²) in [6.45, 7) is 4.09. The van der Waals surface area contributed by atoms with Gasteiger partial charge >= 0.3 is 0 Å². The zero-order valence-electron chi connectivity index (χ0n) is 19.2. The number of carbonyl (C=O) groups excluding carboxylic acids is 1. The number of amides is 1. The summed E-state index contributed by atoms with van der Waals surface area (Å²) >= 11 is 6.21. The van der Waals surface area contributed by atoms with Gasteiger partial charge in [0.15, 0.2) is 0 Å². The molecule has 1 aliphatic heterocycles. The van der Waals surface area contributed by atoms with Crippen LogP contribution in [0.2, 0.25) is 5.02 Å². The van der Waals surface area contributed by atoms with Gasteiger partial charge in [0.1, 0.15) is 11.6 Å². The van der Waals surface area contributed by atoms with E-state index in [9.17, 15) is 4.79 Å². The molecule has 2 atom stereocenters. The lowest BCUT2D eigenvalue weighted by molar-refractivity contribution is -0.129. The minimum Gasteiger partial charge on any atom is -0.492 e. The number of hydrogen-bond acceptors (Lipinski definition) is 3. The molecule has 6 heteroatoms. The van der Waals surface area contributed by atoms with Gasteiger partial charge in [-0.05, 0) is 43.2 Å². The van der Waals surface area contributed by atoms with Gasteiger partial charge in [0.05, 0.1) is 28.7 Å². The van der Waals surface area contributed by atoms with Crippen LogP contribution in [0.1, 0.15) is 43.1 Å². The number of hydrogen-bond donors (Lipinski definition) is 0. The molecular formula is C28H28ClN3O2. The van der Waals surface area contributed by atoms with E-state index in [2.05, 4.69) is 29.7 Å². The molecule has 0 spiro atoms. The van der Waals surface area contributed by atoms with Crippen molar-refractivity contribution in [1.82, 2.24) is 14.5 Å². The van der Waals surface area contributed by atoms with Crippen molar-refractivity contribution in [3.8, 4) is 5.75 Å². The Labute approximate surface area is 204 Å². The Balaban J connectivity index is 1.34. The van der Waals surface area contributed by atoms with Crippen LogP contribution in [-0.4, -0.2) is 33.5 Å².